The van der Waals surface area contributed by atoms with Crippen LogP contribution in [0, 0.1) is 5.82 Å². The van der Waals surface area contributed by atoms with Gasteiger partial charge in [-0.3, -0.25) is 4.79 Å². The highest BCUT2D eigenvalue weighted by Gasteiger charge is 2.32. The van der Waals surface area contributed by atoms with E-state index >= 15 is 4.39 Å². The van der Waals surface area contributed by atoms with Crippen LogP contribution in [0.15, 0.2) is 17.1 Å². The predicted octanol–water partition coefficient (Wildman–Crippen LogP) is 2.56. The Kier molecular flexibility index (Phi) is 5.67. The summed E-state index contributed by atoms with van der Waals surface area (Å²) in [4.78, 5) is 26.1. The first-order valence-electron chi connectivity index (χ1n) is 9.09. The van der Waals surface area contributed by atoms with Gasteiger partial charge in [0, 0.05) is 37.9 Å². The van der Waals surface area contributed by atoms with Crippen LogP contribution in [0.5, 0.6) is 5.75 Å². The number of nitrogens with zero attached hydrogens (tertiary/aromatic N) is 2. The molecular weight excluding hydrogens is 433 g/mol. The third-order valence-corrected chi connectivity index (χ3v) is 5.26. The number of benzene rings is 1. The number of hydrogen-bond acceptors (Lipinski definition) is 5. The van der Waals surface area contributed by atoms with Gasteiger partial charge in [0.25, 0.3) is 0 Å². The molecule has 1 saturated carbocycles. The standard InChI is InChI=1S/C19H22FN3O4.BrH/c1-10-8-22(6-5-21-10)16-14(20)7-12-15(18(16)27-2)23(11-3-4-11)9-13(17(12)24)19(25)26;/h7,9-11,21H,3-6,8H2,1-2H3,(H,25,26);1H. The molecule has 0 spiro atoms. The monoisotopic (exact) mass is 455 g/mol. The highest BCUT2D eigenvalue weighted by molar-refractivity contribution is 8.93. The minimum Gasteiger partial charge on any atom is -0.492 e. The number of piperazine rings is 1. The van der Waals surface area contributed by atoms with E-state index in [0.29, 0.717) is 30.0 Å². The van der Waals surface area contributed by atoms with E-state index in [2.05, 4.69) is 5.32 Å². The molecule has 2 heterocycles. The molecule has 1 aliphatic heterocycles. The molecule has 7 nitrogen and oxygen atoms in total. The molecule has 2 N–H and O–H groups in total. The molecule has 0 radical (unpaired) electrons. The average Bonchev–Trinajstić information content (AvgIpc) is 3.46. The quantitative estimate of drug-likeness (QED) is 0.736. The molecule has 1 aromatic heterocycles. The molecule has 152 valence electrons. The number of carbonyl (C=O) groups is 1. The van der Waals surface area contributed by atoms with Gasteiger partial charge >= 0.3 is 5.97 Å². The van der Waals surface area contributed by atoms with Gasteiger partial charge in [-0.2, -0.15) is 0 Å². The molecule has 0 amide bonds. The summed E-state index contributed by atoms with van der Waals surface area (Å²) in [5.74, 6) is -1.59. The van der Waals surface area contributed by atoms with Crippen molar-refractivity contribution in [2.45, 2.75) is 31.8 Å². The Hall–Kier alpha value is -2.13. The Balaban J connectivity index is 0.00000225. The molecule has 1 aliphatic carbocycles. The number of pyridine rings is 1. The second kappa shape index (κ2) is 7.71. The van der Waals surface area contributed by atoms with E-state index in [1.165, 1.54) is 13.3 Å². The van der Waals surface area contributed by atoms with Gasteiger partial charge in [-0.1, -0.05) is 0 Å². The topological polar surface area (TPSA) is 83.8 Å². The molecule has 2 aliphatic rings. The van der Waals surface area contributed by atoms with Crippen molar-refractivity contribution in [1.82, 2.24) is 9.88 Å². The van der Waals surface area contributed by atoms with E-state index in [1.807, 2.05) is 11.8 Å². The van der Waals surface area contributed by atoms with Crippen LogP contribution in [-0.4, -0.2) is 48.4 Å². The summed E-state index contributed by atoms with van der Waals surface area (Å²) in [7, 11) is 1.45. The molecule has 9 heteroatoms. The van der Waals surface area contributed by atoms with Crippen molar-refractivity contribution >= 4 is 39.5 Å². The van der Waals surface area contributed by atoms with Gasteiger partial charge in [-0.05, 0) is 25.8 Å². The maximum Gasteiger partial charge on any atom is 0.341 e. The van der Waals surface area contributed by atoms with Crippen molar-refractivity contribution < 1.29 is 19.0 Å². The number of carboxylic acids is 1. The maximum atomic E-state index is 15.1. The number of nitrogens with one attached hydrogen (secondary N) is 1. The third-order valence-electron chi connectivity index (χ3n) is 5.26. The molecule has 4 rings (SSSR count). The van der Waals surface area contributed by atoms with Gasteiger partial charge in [0.2, 0.25) is 5.43 Å². The molecule has 2 aromatic rings. The van der Waals surface area contributed by atoms with E-state index in [4.69, 9.17) is 4.74 Å². The van der Waals surface area contributed by atoms with Crippen LogP contribution < -0.4 is 20.4 Å². The van der Waals surface area contributed by atoms with E-state index in [9.17, 15) is 14.7 Å². The van der Waals surface area contributed by atoms with Crippen LogP contribution in [0.1, 0.15) is 36.2 Å². The fourth-order valence-electron chi connectivity index (χ4n) is 3.86. The molecule has 1 aromatic carbocycles. The summed E-state index contributed by atoms with van der Waals surface area (Å²) in [6.07, 6.45) is 3.14. The number of carboxylic acid groups (broad SMARTS) is 1. The third kappa shape index (κ3) is 3.37. The number of ether oxygens (including phenoxy) is 1. The molecule has 1 unspecified atom stereocenters. The summed E-state index contributed by atoms with van der Waals surface area (Å²) in [5.41, 5.74) is -0.237. The number of hydrogen-bond donors (Lipinski definition) is 2. The summed E-state index contributed by atoms with van der Waals surface area (Å²) < 4.78 is 22.5. The van der Waals surface area contributed by atoms with E-state index in [1.54, 1.807) is 4.57 Å². The summed E-state index contributed by atoms with van der Waals surface area (Å²) in [6, 6.07) is 1.45. The van der Waals surface area contributed by atoms with E-state index in [-0.39, 0.29) is 40.0 Å². The zero-order valence-electron chi connectivity index (χ0n) is 15.7. The first-order valence-corrected chi connectivity index (χ1v) is 9.09. The van der Waals surface area contributed by atoms with Crippen LogP contribution >= 0.6 is 17.0 Å². The summed E-state index contributed by atoms with van der Waals surface area (Å²) in [5, 5.41) is 12.7. The van der Waals surface area contributed by atoms with Crippen molar-refractivity contribution in [3.8, 4) is 5.75 Å². The van der Waals surface area contributed by atoms with Crippen molar-refractivity contribution in [2.24, 2.45) is 0 Å². The average molecular weight is 456 g/mol. The van der Waals surface area contributed by atoms with Crippen molar-refractivity contribution in [3.63, 3.8) is 0 Å². The number of aromatic nitrogens is 1. The van der Waals surface area contributed by atoms with Crippen LogP contribution in [0.2, 0.25) is 0 Å². The Morgan fingerprint density at radius 3 is 2.68 bits per heavy atom. The van der Waals surface area contributed by atoms with Gasteiger partial charge in [-0.25, -0.2) is 9.18 Å². The van der Waals surface area contributed by atoms with Crippen molar-refractivity contribution in [3.05, 3.63) is 33.9 Å². The van der Waals surface area contributed by atoms with Crippen LogP contribution in [0.3, 0.4) is 0 Å². The first kappa shape index (κ1) is 20.6. The Labute approximate surface area is 171 Å². The second-order valence-electron chi connectivity index (χ2n) is 7.25. The number of aromatic carboxylic acids is 1. The largest absolute Gasteiger partial charge is 0.492 e. The Bertz CT molecular complexity index is 990. The van der Waals surface area contributed by atoms with Crippen molar-refractivity contribution in [1.29, 1.82) is 0 Å². The lowest BCUT2D eigenvalue weighted by atomic mass is 10.1. The lowest BCUT2D eigenvalue weighted by Gasteiger charge is -2.35. The molecule has 28 heavy (non-hydrogen) atoms. The summed E-state index contributed by atoms with van der Waals surface area (Å²) in [6.45, 7) is 3.97. The lowest BCUT2D eigenvalue weighted by Crippen LogP contribution is -2.49. The van der Waals surface area contributed by atoms with Gasteiger partial charge < -0.3 is 24.6 Å². The number of anilines is 1. The second-order valence-corrected chi connectivity index (χ2v) is 7.25. The van der Waals surface area contributed by atoms with Crippen molar-refractivity contribution in [2.75, 3.05) is 31.6 Å². The fraction of sp³-hybridized carbons (Fsp3) is 0.474. The molecule has 0 bridgehead atoms. The van der Waals surface area contributed by atoms with Gasteiger partial charge in [0.15, 0.2) is 11.6 Å². The number of methoxy groups -OCH3 is 1. The van der Waals surface area contributed by atoms with E-state index < -0.39 is 17.2 Å². The first-order chi connectivity index (χ1) is 12.9. The fourth-order valence-corrected chi connectivity index (χ4v) is 3.86. The van der Waals surface area contributed by atoms with Crippen LogP contribution in [0.4, 0.5) is 10.1 Å². The number of rotatable bonds is 4. The highest BCUT2D eigenvalue weighted by atomic mass is 79.9. The Morgan fingerprint density at radius 1 is 1.39 bits per heavy atom. The van der Waals surface area contributed by atoms with Crippen LogP contribution in [0.25, 0.3) is 10.9 Å². The van der Waals surface area contributed by atoms with Gasteiger partial charge in [0.05, 0.1) is 18.0 Å². The number of fused-ring (bicyclic) bond motifs is 1. The number of halogens is 2. The lowest BCUT2D eigenvalue weighted by molar-refractivity contribution is 0.0695. The maximum absolute atomic E-state index is 15.1. The smallest absolute Gasteiger partial charge is 0.341 e. The molecule has 1 saturated heterocycles. The minimum absolute atomic E-state index is 0. The molecular formula is C19H23BrFN3O4. The highest BCUT2D eigenvalue weighted by Crippen LogP contribution is 2.43. The Morgan fingerprint density at radius 2 is 2.11 bits per heavy atom. The normalized spacial score (nSPS) is 19.4. The molecule has 1 atom stereocenters. The zero-order chi connectivity index (χ0) is 19.3. The molecule has 2 fully saturated rings. The SMILES string of the molecule is Br.COc1c(N2CCNC(C)C2)c(F)cc2c(=O)c(C(=O)O)cn(C3CC3)c12. The van der Waals surface area contributed by atoms with Crippen LogP contribution in [-0.2, 0) is 0 Å². The van der Waals surface area contributed by atoms with E-state index in [0.717, 1.165) is 25.5 Å². The predicted molar refractivity (Wildman–Crippen MR) is 110 cm³/mol. The summed E-state index contributed by atoms with van der Waals surface area (Å²) >= 11 is 0. The minimum atomic E-state index is -1.31. The zero-order valence-corrected chi connectivity index (χ0v) is 17.4. The van der Waals surface area contributed by atoms with Gasteiger partial charge in [-0.15, -0.1) is 17.0 Å². The van der Waals surface area contributed by atoms with Gasteiger partial charge in [0.1, 0.15) is 11.3 Å².